The predicted octanol–water partition coefficient (Wildman–Crippen LogP) is 2.44. The Morgan fingerprint density at radius 1 is 1.67 bits per heavy atom. The maximum atomic E-state index is 11.5. The number of aliphatic hydroxyl groups is 1. The fourth-order valence-electron chi connectivity index (χ4n) is 1.88. The molecule has 3 atom stereocenters. The third-order valence-corrected chi connectivity index (χ3v) is 4.48. The Balaban J connectivity index is 2.39. The highest BCUT2D eigenvalue weighted by atomic mass is 127. The summed E-state index contributed by atoms with van der Waals surface area (Å²) in [5.41, 5.74) is -0.599. The Labute approximate surface area is 105 Å². The SMILES string of the molecule is CCC(I)C(=O)OC1CCC(O)(CC)C1. The van der Waals surface area contributed by atoms with Gasteiger partial charge in [0.1, 0.15) is 10.0 Å². The van der Waals surface area contributed by atoms with E-state index in [-0.39, 0.29) is 16.0 Å². The molecule has 1 rings (SSSR count). The highest BCUT2D eigenvalue weighted by Gasteiger charge is 2.38. The van der Waals surface area contributed by atoms with E-state index >= 15 is 0 Å². The monoisotopic (exact) mass is 326 g/mol. The van der Waals surface area contributed by atoms with E-state index in [0.717, 1.165) is 25.7 Å². The molecule has 0 aromatic rings. The van der Waals surface area contributed by atoms with Gasteiger partial charge in [-0.25, -0.2) is 0 Å². The van der Waals surface area contributed by atoms with Crippen LogP contribution in [0.1, 0.15) is 46.0 Å². The van der Waals surface area contributed by atoms with E-state index in [0.29, 0.717) is 6.42 Å². The fraction of sp³-hybridized carbons (Fsp3) is 0.909. The molecule has 3 unspecified atom stereocenters. The van der Waals surface area contributed by atoms with Crippen molar-refractivity contribution in [2.75, 3.05) is 0 Å². The van der Waals surface area contributed by atoms with E-state index in [2.05, 4.69) is 22.6 Å². The van der Waals surface area contributed by atoms with Crippen molar-refractivity contribution in [2.45, 2.75) is 61.6 Å². The summed E-state index contributed by atoms with van der Waals surface area (Å²) in [5.74, 6) is -0.136. The number of alkyl halides is 1. The van der Waals surface area contributed by atoms with Gasteiger partial charge in [-0.15, -0.1) is 0 Å². The van der Waals surface area contributed by atoms with Crippen LogP contribution in [0.5, 0.6) is 0 Å². The van der Waals surface area contributed by atoms with Crippen LogP contribution in [0.25, 0.3) is 0 Å². The molecule has 0 spiro atoms. The molecule has 1 N–H and O–H groups in total. The Hall–Kier alpha value is 0.160. The number of hydrogen-bond acceptors (Lipinski definition) is 3. The second-order valence-corrected chi connectivity index (χ2v) is 5.76. The van der Waals surface area contributed by atoms with E-state index in [1.54, 1.807) is 0 Å². The minimum Gasteiger partial charge on any atom is -0.461 e. The van der Waals surface area contributed by atoms with Crippen LogP contribution < -0.4 is 0 Å². The summed E-state index contributed by atoms with van der Waals surface area (Å²) in [4.78, 5) is 11.5. The maximum absolute atomic E-state index is 11.5. The molecule has 0 radical (unpaired) electrons. The van der Waals surface area contributed by atoms with Crippen molar-refractivity contribution in [3.63, 3.8) is 0 Å². The summed E-state index contributed by atoms with van der Waals surface area (Å²) in [6.45, 7) is 3.94. The minimum absolute atomic E-state index is 0.0575. The number of rotatable bonds is 4. The molecule has 4 heteroatoms. The van der Waals surface area contributed by atoms with Crippen LogP contribution >= 0.6 is 22.6 Å². The Bertz CT molecular complexity index is 232. The molecule has 1 fully saturated rings. The first-order chi connectivity index (χ1) is 7.00. The highest BCUT2D eigenvalue weighted by molar-refractivity contribution is 14.1. The van der Waals surface area contributed by atoms with E-state index in [9.17, 15) is 9.90 Å². The van der Waals surface area contributed by atoms with E-state index in [4.69, 9.17) is 4.74 Å². The van der Waals surface area contributed by atoms with Crippen molar-refractivity contribution < 1.29 is 14.6 Å². The lowest BCUT2D eigenvalue weighted by Gasteiger charge is -2.20. The van der Waals surface area contributed by atoms with E-state index in [1.807, 2.05) is 13.8 Å². The topological polar surface area (TPSA) is 46.5 Å². The average molecular weight is 326 g/mol. The van der Waals surface area contributed by atoms with Crippen molar-refractivity contribution >= 4 is 28.6 Å². The van der Waals surface area contributed by atoms with Crippen LogP contribution in [0, 0.1) is 0 Å². The zero-order chi connectivity index (χ0) is 11.5. The molecule has 15 heavy (non-hydrogen) atoms. The Kier molecular flexibility index (Phi) is 4.83. The van der Waals surface area contributed by atoms with Crippen molar-refractivity contribution in [3.8, 4) is 0 Å². The van der Waals surface area contributed by atoms with Gasteiger partial charge in [0.05, 0.1) is 5.60 Å². The summed E-state index contributed by atoms with van der Waals surface area (Å²) < 4.78 is 5.30. The number of carbonyl (C=O) groups is 1. The van der Waals surface area contributed by atoms with Crippen molar-refractivity contribution in [3.05, 3.63) is 0 Å². The summed E-state index contributed by atoms with van der Waals surface area (Å²) >= 11 is 2.10. The van der Waals surface area contributed by atoms with Gasteiger partial charge in [0, 0.05) is 6.42 Å². The molecule has 1 aliphatic rings. The first-order valence-electron chi connectivity index (χ1n) is 5.57. The van der Waals surface area contributed by atoms with Crippen LogP contribution in [0.3, 0.4) is 0 Å². The summed E-state index contributed by atoms with van der Waals surface area (Å²) in [5, 5.41) is 9.99. The standard InChI is InChI=1S/C11H19IO3/c1-3-9(12)10(13)15-8-5-6-11(14,4-2)7-8/h8-9,14H,3-7H2,1-2H3. The van der Waals surface area contributed by atoms with Gasteiger partial charge < -0.3 is 9.84 Å². The molecule has 0 aliphatic heterocycles. The van der Waals surface area contributed by atoms with E-state index in [1.165, 1.54) is 0 Å². The lowest BCUT2D eigenvalue weighted by Crippen LogP contribution is -2.27. The lowest BCUT2D eigenvalue weighted by atomic mass is 9.99. The second-order valence-electron chi connectivity index (χ2n) is 4.26. The molecule has 0 aromatic carbocycles. The number of hydrogen-bond donors (Lipinski definition) is 1. The van der Waals surface area contributed by atoms with Gasteiger partial charge in [0.2, 0.25) is 0 Å². The quantitative estimate of drug-likeness (QED) is 0.490. The number of halogens is 1. The third kappa shape index (κ3) is 3.59. The van der Waals surface area contributed by atoms with Crippen LogP contribution in [-0.4, -0.2) is 26.7 Å². The largest absolute Gasteiger partial charge is 0.461 e. The van der Waals surface area contributed by atoms with Gasteiger partial charge in [-0.05, 0) is 25.7 Å². The van der Waals surface area contributed by atoms with Crippen LogP contribution in [0.15, 0.2) is 0 Å². The molecule has 0 bridgehead atoms. The lowest BCUT2D eigenvalue weighted by molar-refractivity contribution is -0.148. The summed E-state index contributed by atoms with van der Waals surface area (Å²) in [6, 6.07) is 0. The molecular weight excluding hydrogens is 307 g/mol. The van der Waals surface area contributed by atoms with E-state index < -0.39 is 5.60 Å². The molecular formula is C11H19IO3. The van der Waals surface area contributed by atoms with Gasteiger partial charge in [-0.1, -0.05) is 36.4 Å². The van der Waals surface area contributed by atoms with Gasteiger partial charge in [-0.2, -0.15) is 0 Å². The number of carbonyl (C=O) groups excluding carboxylic acids is 1. The molecule has 0 saturated heterocycles. The average Bonchev–Trinajstić information content (AvgIpc) is 2.60. The van der Waals surface area contributed by atoms with Gasteiger partial charge in [0.15, 0.2) is 0 Å². The zero-order valence-electron chi connectivity index (χ0n) is 9.33. The highest BCUT2D eigenvalue weighted by Crippen LogP contribution is 2.34. The van der Waals surface area contributed by atoms with Gasteiger partial charge in [-0.3, -0.25) is 4.79 Å². The Morgan fingerprint density at radius 3 is 2.80 bits per heavy atom. The maximum Gasteiger partial charge on any atom is 0.319 e. The van der Waals surface area contributed by atoms with Crippen molar-refractivity contribution in [1.29, 1.82) is 0 Å². The van der Waals surface area contributed by atoms with Crippen molar-refractivity contribution in [2.24, 2.45) is 0 Å². The zero-order valence-corrected chi connectivity index (χ0v) is 11.5. The Morgan fingerprint density at radius 2 is 2.33 bits per heavy atom. The molecule has 3 nitrogen and oxygen atoms in total. The minimum atomic E-state index is -0.599. The summed E-state index contributed by atoms with van der Waals surface area (Å²) in [7, 11) is 0. The van der Waals surface area contributed by atoms with Gasteiger partial charge >= 0.3 is 5.97 Å². The first-order valence-corrected chi connectivity index (χ1v) is 6.82. The van der Waals surface area contributed by atoms with Gasteiger partial charge in [0.25, 0.3) is 0 Å². The van der Waals surface area contributed by atoms with Crippen LogP contribution in [0.4, 0.5) is 0 Å². The summed E-state index contributed by atoms with van der Waals surface area (Å²) in [6.07, 6.45) is 3.60. The molecule has 1 saturated carbocycles. The second kappa shape index (κ2) is 5.48. The molecule has 0 amide bonds. The molecule has 0 heterocycles. The van der Waals surface area contributed by atoms with Crippen molar-refractivity contribution in [1.82, 2.24) is 0 Å². The molecule has 88 valence electrons. The fourth-order valence-corrected chi connectivity index (χ4v) is 2.03. The number of ether oxygens (including phenoxy) is 1. The number of esters is 1. The molecule has 1 aliphatic carbocycles. The van der Waals surface area contributed by atoms with Crippen LogP contribution in [-0.2, 0) is 9.53 Å². The normalized spacial score (nSPS) is 32.7. The predicted molar refractivity (Wildman–Crippen MR) is 67.1 cm³/mol. The first kappa shape index (κ1) is 13.2. The molecule has 0 aromatic heterocycles. The third-order valence-electron chi connectivity index (χ3n) is 3.09. The smallest absolute Gasteiger partial charge is 0.319 e. The van der Waals surface area contributed by atoms with Crippen LogP contribution in [0.2, 0.25) is 0 Å².